The number of ether oxygens (including phenoxy) is 1. The van der Waals surface area contributed by atoms with Crippen molar-refractivity contribution in [2.75, 3.05) is 6.61 Å². The highest BCUT2D eigenvalue weighted by molar-refractivity contribution is 7.89. The van der Waals surface area contributed by atoms with Gasteiger partial charge in [-0.15, -0.1) is 5.10 Å². The predicted octanol–water partition coefficient (Wildman–Crippen LogP) is 2.67. The lowest BCUT2D eigenvalue weighted by Crippen LogP contribution is -2.50. The van der Waals surface area contributed by atoms with E-state index in [2.05, 4.69) is 15.0 Å². The monoisotopic (exact) mass is 474 g/mol. The lowest BCUT2D eigenvalue weighted by molar-refractivity contribution is -0.0891. The van der Waals surface area contributed by atoms with Crippen LogP contribution >= 0.6 is 0 Å². The van der Waals surface area contributed by atoms with Gasteiger partial charge < -0.3 is 9.84 Å². The van der Waals surface area contributed by atoms with Gasteiger partial charge in [0.15, 0.2) is 0 Å². The molecule has 3 atom stereocenters. The maximum Gasteiger partial charge on any atom is 0.240 e. The van der Waals surface area contributed by atoms with Crippen molar-refractivity contribution >= 4 is 10.0 Å². The van der Waals surface area contributed by atoms with Gasteiger partial charge in [-0.3, -0.25) is 4.68 Å². The second kappa shape index (κ2) is 10.1. The van der Waals surface area contributed by atoms with Crippen LogP contribution in [0.4, 0.5) is 4.39 Å². The number of benzene rings is 2. The molecule has 8 nitrogen and oxygen atoms in total. The van der Waals surface area contributed by atoms with Crippen molar-refractivity contribution in [2.24, 2.45) is 0 Å². The largest absolute Gasteiger partial charge is 0.394 e. The van der Waals surface area contributed by atoms with Crippen LogP contribution in [0.5, 0.6) is 0 Å². The Bertz CT molecular complexity index is 1180. The second-order valence-electron chi connectivity index (χ2n) is 8.26. The van der Waals surface area contributed by atoms with Crippen LogP contribution in [0.25, 0.3) is 11.3 Å². The smallest absolute Gasteiger partial charge is 0.240 e. The molecule has 3 aromatic rings. The first-order valence-electron chi connectivity index (χ1n) is 10.9. The van der Waals surface area contributed by atoms with E-state index in [0.29, 0.717) is 37.1 Å². The maximum absolute atomic E-state index is 13.4. The number of rotatable bonds is 8. The van der Waals surface area contributed by atoms with Crippen LogP contribution in [0.1, 0.15) is 24.8 Å². The first kappa shape index (κ1) is 23.5. The van der Waals surface area contributed by atoms with E-state index in [1.807, 2.05) is 6.92 Å². The van der Waals surface area contributed by atoms with Crippen molar-refractivity contribution in [1.29, 1.82) is 0 Å². The zero-order valence-corrected chi connectivity index (χ0v) is 19.1. The molecule has 1 saturated heterocycles. The van der Waals surface area contributed by atoms with E-state index in [9.17, 15) is 17.9 Å². The quantitative estimate of drug-likeness (QED) is 0.520. The van der Waals surface area contributed by atoms with E-state index in [1.165, 1.54) is 12.1 Å². The zero-order chi connectivity index (χ0) is 23.4. The Hall–Kier alpha value is -2.66. The van der Waals surface area contributed by atoms with Crippen molar-refractivity contribution in [1.82, 2.24) is 19.7 Å². The number of hydrogen-bond donors (Lipinski definition) is 2. The van der Waals surface area contributed by atoms with Gasteiger partial charge in [-0.05, 0) is 50.5 Å². The van der Waals surface area contributed by atoms with Crippen molar-refractivity contribution < 1.29 is 22.7 Å². The number of aryl methyl sites for hydroxylation is 2. The molecule has 0 spiro atoms. The summed E-state index contributed by atoms with van der Waals surface area (Å²) in [6, 6.07) is 12.3. The number of nitrogens with zero attached hydrogens (tertiary/aromatic N) is 3. The SMILES string of the molecule is Cc1ccc(S(=O)(=O)N[C@@H]2CC[C@H](CCn3cc(-c4cccc(F)c4)nn3)O[C@@H]2CO)cc1. The first-order valence-corrected chi connectivity index (χ1v) is 12.3. The van der Waals surface area contributed by atoms with Gasteiger partial charge in [-0.1, -0.05) is 35.0 Å². The van der Waals surface area contributed by atoms with Gasteiger partial charge in [0.1, 0.15) is 11.5 Å². The second-order valence-corrected chi connectivity index (χ2v) is 9.98. The van der Waals surface area contributed by atoms with E-state index < -0.39 is 22.2 Å². The summed E-state index contributed by atoms with van der Waals surface area (Å²) in [6.07, 6.45) is 2.78. The van der Waals surface area contributed by atoms with Gasteiger partial charge in [0.2, 0.25) is 10.0 Å². The van der Waals surface area contributed by atoms with Crippen LogP contribution in [-0.2, 0) is 21.3 Å². The minimum atomic E-state index is -3.71. The number of sulfonamides is 1. The van der Waals surface area contributed by atoms with Crippen molar-refractivity contribution in [3.05, 3.63) is 66.1 Å². The summed E-state index contributed by atoms with van der Waals surface area (Å²) in [5.74, 6) is -0.333. The highest BCUT2D eigenvalue weighted by Crippen LogP contribution is 2.24. The third-order valence-electron chi connectivity index (χ3n) is 5.77. The molecule has 1 fully saturated rings. The summed E-state index contributed by atoms with van der Waals surface area (Å²) in [5.41, 5.74) is 2.21. The van der Waals surface area contributed by atoms with Crippen LogP contribution in [-0.4, -0.2) is 53.4 Å². The lowest BCUT2D eigenvalue weighted by atomic mass is 9.98. The molecule has 0 amide bonds. The molecule has 0 bridgehead atoms. The minimum Gasteiger partial charge on any atom is -0.394 e. The third-order valence-corrected chi connectivity index (χ3v) is 7.28. The van der Waals surface area contributed by atoms with Gasteiger partial charge in [-0.25, -0.2) is 17.5 Å². The fourth-order valence-electron chi connectivity index (χ4n) is 3.93. The Kier molecular flexibility index (Phi) is 7.18. The van der Waals surface area contributed by atoms with E-state index >= 15 is 0 Å². The highest BCUT2D eigenvalue weighted by atomic mass is 32.2. The maximum atomic E-state index is 13.4. The molecule has 0 radical (unpaired) electrons. The fourth-order valence-corrected chi connectivity index (χ4v) is 5.23. The van der Waals surface area contributed by atoms with Crippen molar-refractivity contribution in [3.8, 4) is 11.3 Å². The number of halogens is 1. The molecule has 10 heteroatoms. The van der Waals surface area contributed by atoms with Crippen LogP contribution < -0.4 is 4.72 Å². The number of aliphatic hydroxyl groups is 1. The average molecular weight is 475 g/mol. The van der Waals surface area contributed by atoms with Gasteiger partial charge in [-0.2, -0.15) is 0 Å². The summed E-state index contributed by atoms with van der Waals surface area (Å²) in [7, 11) is -3.71. The molecule has 1 aliphatic rings. The number of aromatic nitrogens is 3. The van der Waals surface area contributed by atoms with E-state index in [0.717, 1.165) is 5.56 Å². The molecule has 2 N–H and O–H groups in total. The molecule has 4 rings (SSSR count). The molecule has 33 heavy (non-hydrogen) atoms. The Balaban J connectivity index is 1.33. The Morgan fingerprint density at radius 2 is 2.00 bits per heavy atom. The molecule has 2 heterocycles. The Morgan fingerprint density at radius 3 is 2.73 bits per heavy atom. The van der Waals surface area contributed by atoms with Crippen LogP contribution in [0.2, 0.25) is 0 Å². The van der Waals surface area contributed by atoms with E-state index in [4.69, 9.17) is 4.74 Å². The average Bonchev–Trinajstić information content (AvgIpc) is 3.28. The molecular formula is C23H27FN4O4S. The van der Waals surface area contributed by atoms with Gasteiger partial charge in [0.05, 0.1) is 35.9 Å². The molecule has 1 aromatic heterocycles. The third kappa shape index (κ3) is 5.83. The summed E-state index contributed by atoms with van der Waals surface area (Å²) in [4.78, 5) is 0.187. The van der Waals surface area contributed by atoms with Crippen LogP contribution in [0.15, 0.2) is 59.6 Å². The molecule has 0 aliphatic carbocycles. The molecule has 1 aliphatic heterocycles. The highest BCUT2D eigenvalue weighted by Gasteiger charge is 2.33. The lowest BCUT2D eigenvalue weighted by Gasteiger charge is -2.36. The first-order chi connectivity index (χ1) is 15.8. The summed E-state index contributed by atoms with van der Waals surface area (Å²) in [6.45, 7) is 2.14. The summed E-state index contributed by atoms with van der Waals surface area (Å²) in [5, 5.41) is 18.0. The normalized spacial score (nSPS) is 21.2. The Labute approximate surface area is 192 Å². The summed E-state index contributed by atoms with van der Waals surface area (Å²) < 4.78 is 49.2. The van der Waals surface area contributed by atoms with Crippen molar-refractivity contribution in [2.45, 2.75) is 55.9 Å². The van der Waals surface area contributed by atoms with E-state index in [1.54, 1.807) is 47.3 Å². The van der Waals surface area contributed by atoms with Gasteiger partial charge >= 0.3 is 0 Å². The number of hydrogen-bond acceptors (Lipinski definition) is 6. The standard InChI is InChI=1S/C23H27FN4O4S/c1-16-5-8-20(9-6-16)33(30,31)26-21-10-7-19(32-23(21)15-29)11-12-28-14-22(25-27-28)17-3-2-4-18(24)13-17/h2-6,8-9,13-14,19,21,23,26,29H,7,10-12,15H2,1H3/t19-,21-,23-/m1/s1. The molecular weight excluding hydrogens is 447 g/mol. The molecule has 0 unspecified atom stereocenters. The van der Waals surface area contributed by atoms with Gasteiger partial charge in [0.25, 0.3) is 0 Å². The zero-order valence-electron chi connectivity index (χ0n) is 18.3. The molecule has 0 saturated carbocycles. The number of nitrogens with one attached hydrogen (secondary N) is 1. The van der Waals surface area contributed by atoms with Crippen LogP contribution in [0.3, 0.4) is 0 Å². The molecule has 2 aromatic carbocycles. The minimum absolute atomic E-state index is 0.149. The van der Waals surface area contributed by atoms with Crippen molar-refractivity contribution in [3.63, 3.8) is 0 Å². The summed E-state index contributed by atoms with van der Waals surface area (Å²) >= 11 is 0. The van der Waals surface area contributed by atoms with Crippen LogP contribution in [0, 0.1) is 12.7 Å². The van der Waals surface area contributed by atoms with E-state index in [-0.39, 0.29) is 23.4 Å². The number of aliphatic hydroxyl groups excluding tert-OH is 1. The molecule has 176 valence electrons. The Morgan fingerprint density at radius 1 is 1.21 bits per heavy atom. The predicted molar refractivity (Wildman–Crippen MR) is 120 cm³/mol. The topological polar surface area (TPSA) is 106 Å². The fraction of sp³-hybridized carbons (Fsp3) is 0.391. The van der Waals surface area contributed by atoms with Gasteiger partial charge in [0, 0.05) is 12.1 Å².